The molecule has 0 aliphatic rings. The molecule has 6 nitrogen and oxygen atoms in total. The first-order chi connectivity index (χ1) is 13.0. The second-order valence-corrected chi connectivity index (χ2v) is 6.31. The molecule has 1 aromatic carbocycles. The summed E-state index contributed by atoms with van der Waals surface area (Å²) in [6, 6.07) is 10.6. The van der Waals surface area contributed by atoms with Crippen molar-refractivity contribution in [3.8, 4) is 0 Å². The Kier molecular flexibility index (Phi) is 5.54. The van der Waals surface area contributed by atoms with Crippen LogP contribution in [0.3, 0.4) is 0 Å². The smallest absolute Gasteiger partial charge is 0.338 e. The normalized spacial score (nSPS) is 10.8. The average molecular weight is 365 g/mol. The van der Waals surface area contributed by atoms with Gasteiger partial charge in [-0.25, -0.2) is 9.78 Å². The van der Waals surface area contributed by atoms with Gasteiger partial charge in [0.2, 0.25) is 0 Å². The van der Waals surface area contributed by atoms with Crippen molar-refractivity contribution in [2.24, 2.45) is 0 Å². The van der Waals surface area contributed by atoms with Crippen molar-refractivity contribution >= 4 is 23.2 Å². The van der Waals surface area contributed by atoms with E-state index in [2.05, 4.69) is 10.3 Å². The Morgan fingerprint density at radius 2 is 1.89 bits per heavy atom. The fraction of sp³-hybridized carbons (Fsp3) is 0.286. The Morgan fingerprint density at radius 1 is 1.15 bits per heavy atom. The summed E-state index contributed by atoms with van der Waals surface area (Å²) in [4.78, 5) is 29.3. The molecule has 0 saturated carbocycles. The van der Waals surface area contributed by atoms with Gasteiger partial charge in [0.25, 0.3) is 5.91 Å². The van der Waals surface area contributed by atoms with E-state index in [1.807, 2.05) is 43.5 Å². The molecule has 27 heavy (non-hydrogen) atoms. The highest BCUT2D eigenvalue weighted by Gasteiger charge is 2.19. The fourth-order valence-electron chi connectivity index (χ4n) is 2.90. The van der Waals surface area contributed by atoms with Crippen LogP contribution in [0.25, 0.3) is 5.65 Å². The van der Waals surface area contributed by atoms with Crippen LogP contribution in [0.1, 0.15) is 52.4 Å². The number of amides is 1. The third-order valence-electron chi connectivity index (χ3n) is 4.28. The Morgan fingerprint density at radius 3 is 2.56 bits per heavy atom. The van der Waals surface area contributed by atoms with E-state index in [1.165, 1.54) is 0 Å². The molecular formula is C21H23N3O3. The van der Waals surface area contributed by atoms with Crippen molar-refractivity contribution in [3.05, 3.63) is 65.1 Å². The molecule has 1 N–H and O–H groups in total. The van der Waals surface area contributed by atoms with Gasteiger partial charge in [0.1, 0.15) is 11.3 Å². The summed E-state index contributed by atoms with van der Waals surface area (Å²) in [5, 5.41) is 2.89. The minimum atomic E-state index is -0.361. The minimum absolute atomic E-state index is 0.230. The maximum absolute atomic E-state index is 12.9. The highest BCUT2D eigenvalue weighted by molar-refractivity contribution is 6.04. The van der Waals surface area contributed by atoms with Crippen LogP contribution in [-0.4, -0.2) is 27.9 Å². The minimum Gasteiger partial charge on any atom is -0.462 e. The first kappa shape index (κ1) is 18.6. The number of hydrogen-bond acceptors (Lipinski definition) is 4. The molecule has 1 amide bonds. The van der Waals surface area contributed by atoms with Crippen molar-refractivity contribution < 1.29 is 14.3 Å². The number of carbonyl (C=O) groups is 2. The highest BCUT2D eigenvalue weighted by atomic mass is 16.5. The van der Waals surface area contributed by atoms with Crippen molar-refractivity contribution in [1.82, 2.24) is 9.38 Å². The van der Waals surface area contributed by atoms with Crippen LogP contribution >= 0.6 is 0 Å². The van der Waals surface area contributed by atoms with Crippen molar-refractivity contribution in [2.45, 2.75) is 33.6 Å². The quantitative estimate of drug-likeness (QED) is 0.670. The summed E-state index contributed by atoms with van der Waals surface area (Å²) in [5.74, 6) is -0.591. The molecule has 0 fully saturated rings. The van der Waals surface area contributed by atoms with Crippen LogP contribution in [0.4, 0.5) is 5.69 Å². The molecule has 0 bridgehead atoms. The van der Waals surface area contributed by atoms with Gasteiger partial charge in [0.15, 0.2) is 0 Å². The number of rotatable bonds is 6. The molecule has 3 rings (SSSR count). The van der Waals surface area contributed by atoms with E-state index in [-0.39, 0.29) is 11.9 Å². The number of aromatic nitrogens is 2. The number of esters is 1. The van der Waals surface area contributed by atoms with Crippen LogP contribution in [0.15, 0.2) is 42.6 Å². The third kappa shape index (κ3) is 3.84. The van der Waals surface area contributed by atoms with Gasteiger partial charge in [-0.2, -0.15) is 0 Å². The first-order valence-corrected chi connectivity index (χ1v) is 9.10. The lowest BCUT2D eigenvalue weighted by atomic mass is 10.2. The maximum atomic E-state index is 12.9. The molecule has 0 aliphatic heterocycles. The molecule has 0 radical (unpaired) electrons. The summed E-state index contributed by atoms with van der Waals surface area (Å²) in [5.41, 5.74) is 4.15. The number of nitrogens with zero attached hydrogens (tertiary/aromatic N) is 2. The summed E-state index contributed by atoms with van der Waals surface area (Å²) in [7, 11) is 0. The summed E-state index contributed by atoms with van der Waals surface area (Å²) in [6.07, 6.45) is 3.28. The second-order valence-electron chi connectivity index (χ2n) is 6.31. The highest BCUT2D eigenvalue weighted by Crippen LogP contribution is 2.19. The zero-order valence-electron chi connectivity index (χ0n) is 15.8. The van der Waals surface area contributed by atoms with Crippen molar-refractivity contribution in [1.29, 1.82) is 0 Å². The molecule has 2 aromatic heterocycles. The zero-order valence-corrected chi connectivity index (χ0v) is 15.8. The molecule has 3 aromatic rings. The molecule has 0 atom stereocenters. The molecule has 0 saturated heterocycles. The molecular weight excluding hydrogens is 342 g/mol. The molecule has 0 spiro atoms. The van der Waals surface area contributed by atoms with Crippen LogP contribution in [0.2, 0.25) is 0 Å². The number of imidazole rings is 1. The van der Waals surface area contributed by atoms with Crippen LogP contribution in [0, 0.1) is 6.92 Å². The van der Waals surface area contributed by atoms with Gasteiger partial charge < -0.3 is 10.1 Å². The monoisotopic (exact) mass is 365 g/mol. The Labute approximate surface area is 158 Å². The number of anilines is 1. The van der Waals surface area contributed by atoms with E-state index in [9.17, 15) is 9.59 Å². The number of hydrogen-bond donors (Lipinski definition) is 1. The number of nitrogens with one attached hydrogen (secondary N) is 1. The predicted molar refractivity (Wildman–Crippen MR) is 104 cm³/mol. The molecule has 140 valence electrons. The average Bonchev–Trinajstić information content (AvgIpc) is 3.07. The Balaban J connectivity index is 1.83. The number of carbonyl (C=O) groups excluding carboxylic acids is 2. The second kappa shape index (κ2) is 8.03. The lowest BCUT2D eigenvalue weighted by Gasteiger charge is -2.08. The van der Waals surface area contributed by atoms with Crippen LogP contribution in [-0.2, 0) is 11.2 Å². The van der Waals surface area contributed by atoms with Gasteiger partial charge in [0, 0.05) is 11.9 Å². The fourth-order valence-corrected chi connectivity index (χ4v) is 2.90. The Hall–Kier alpha value is -3.15. The van der Waals surface area contributed by atoms with Gasteiger partial charge in [0.05, 0.1) is 17.9 Å². The maximum Gasteiger partial charge on any atom is 0.338 e. The lowest BCUT2D eigenvalue weighted by Crippen LogP contribution is -2.16. The van der Waals surface area contributed by atoms with Gasteiger partial charge in [-0.3, -0.25) is 9.20 Å². The number of aryl methyl sites for hydroxylation is 2. The number of pyridine rings is 1. The number of fused-ring (bicyclic) bond motifs is 1. The van der Waals surface area contributed by atoms with Crippen LogP contribution in [0.5, 0.6) is 0 Å². The zero-order chi connectivity index (χ0) is 19.4. The summed E-state index contributed by atoms with van der Waals surface area (Å²) in [6.45, 7) is 6.29. The van der Waals surface area contributed by atoms with E-state index in [1.54, 1.807) is 24.3 Å². The Bertz CT molecular complexity index is 974. The van der Waals surface area contributed by atoms with Gasteiger partial charge in [-0.1, -0.05) is 19.9 Å². The molecule has 6 heteroatoms. The van der Waals surface area contributed by atoms with Gasteiger partial charge in [-0.05, 0) is 55.7 Å². The van der Waals surface area contributed by atoms with Gasteiger partial charge >= 0.3 is 5.97 Å². The number of ether oxygens (including phenoxy) is 1. The van der Waals surface area contributed by atoms with Gasteiger partial charge in [-0.15, -0.1) is 0 Å². The van der Waals surface area contributed by atoms with Crippen molar-refractivity contribution in [2.75, 3.05) is 11.9 Å². The van der Waals surface area contributed by atoms with Crippen molar-refractivity contribution in [3.63, 3.8) is 0 Å². The molecule has 0 aliphatic carbocycles. The van der Waals surface area contributed by atoms with E-state index in [4.69, 9.17) is 4.74 Å². The predicted octanol–water partition coefficient (Wildman–Crippen LogP) is 4.02. The lowest BCUT2D eigenvalue weighted by molar-refractivity contribution is 0.0505. The third-order valence-corrected chi connectivity index (χ3v) is 4.28. The van der Waals surface area contributed by atoms with E-state index < -0.39 is 0 Å². The van der Waals surface area contributed by atoms with E-state index >= 15 is 0 Å². The number of benzene rings is 1. The van der Waals surface area contributed by atoms with E-state index in [0.717, 1.165) is 23.3 Å². The molecule has 0 unspecified atom stereocenters. The summed E-state index contributed by atoms with van der Waals surface area (Å²) >= 11 is 0. The largest absolute Gasteiger partial charge is 0.462 e. The topological polar surface area (TPSA) is 72.7 Å². The van der Waals surface area contributed by atoms with E-state index in [0.29, 0.717) is 30.0 Å². The van der Waals surface area contributed by atoms with Crippen LogP contribution < -0.4 is 5.32 Å². The summed E-state index contributed by atoms with van der Waals surface area (Å²) < 4.78 is 6.93. The first-order valence-electron chi connectivity index (χ1n) is 9.10. The molecule has 2 heterocycles. The SMILES string of the molecule is CCCOC(=O)c1ccc(NC(=O)c2c(CC)nc3c(C)cccn23)cc1. The standard InChI is InChI=1S/C21H23N3O3/c1-4-13-27-21(26)15-8-10-16(11-9-15)22-20(25)18-17(5-2)23-19-14(3)7-6-12-24(18)19/h6-12H,4-5,13H2,1-3H3,(H,22,25).